The molecule has 2 atom stereocenters. The van der Waals surface area contributed by atoms with Crippen LogP contribution in [-0.4, -0.2) is 37.4 Å². The van der Waals surface area contributed by atoms with Gasteiger partial charge in [-0.15, -0.1) is 0 Å². The number of carbonyl (C=O) groups excluding carboxylic acids is 1. The topological polar surface area (TPSA) is 89.3 Å². The SMILES string of the molecule is CC(C)[C@@H](N)C(=O)NC1(C)CCS(=O)(=O)C1. The number of hydrogen-bond acceptors (Lipinski definition) is 4. The van der Waals surface area contributed by atoms with Crippen LogP contribution in [0.4, 0.5) is 0 Å². The molecule has 1 aliphatic heterocycles. The van der Waals surface area contributed by atoms with Crippen molar-refractivity contribution in [2.24, 2.45) is 11.7 Å². The van der Waals surface area contributed by atoms with E-state index in [4.69, 9.17) is 5.73 Å². The molecule has 94 valence electrons. The van der Waals surface area contributed by atoms with Crippen LogP contribution in [-0.2, 0) is 14.6 Å². The molecule has 1 heterocycles. The van der Waals surface area contributed by atoms with Crippen molar-refractivity contribution in [3.05, 3.63) is 0 Å². The van der Waals surface area contributed by atoms with Gasteiger partial charge in [0.1, 0.15) is 0 Å². The minimum Gasteiger partial charge on any atom is -0.349 e. The molecule has 0 bridgehead atoms. The molecule has 1 rings (SSSR count). The van der Waals surface area contributed by atoms with Crippen LogP contribution in [0.25, 0.3) is 0 Å². The lowest BCUT2D eigenvalue weighted by atomic mass is 9.99. The van der Waals surface area contributed by atoms with Crippen LogP contribution >= 0.6 is 0 Å². The van der Waals surface area contributed by atoms with E-state index in [9.17, 15) is 13.2 Å². The zero-order valence-corrected chi connectivity index (χ0v) is 10.8. The summed E-state index contributed by atoms with van der Waals surface area (Å²) in [7, 11) is -3.00. The first-order chi connectivity index (χ1) is 7.15. The van der Waals surface area contributed by atoms with E-state index in [2.05, 4.69) is 5.32 Å². The fourth-order valence-corrected chi connectivity index (χ4v) is 3.89. The van der Waals surface area contributed by atoms with Gasteiger partial charge in [0.15, 0.2) is 9.84 Å². The Morgan fingerprint density at radius 2 is 2.00 bits per heavy atom. The summed E-state index contributed by atoms with van der Waals surface area (Å²) in [5, 5.41) is 2.75. The van der Waals surface area contributed by atoms with Gasteiger partial charge in [0, 0.05) is 0 Å². The number of hydrogen-bond donors (Lipinski definition) is 2. The summed E-state index contributed by atoms with van der Waals surface area (Å²) >= 11 is 0. The Labute approximate surface area is 96.7 Å². The van der Waals surface area contributed by atoms with Crippen molar-refractivity contribution in [1.29, 1.82) is 0 Å². The molecule has 1 unspecified atom stereocenters. The van der Waals surface area contributed by atoms with Gasteiger partial charge in [-0.25, -0.2) is 8.42 Å². The molecule has 0 aromatic heterocycles. The number of amides is 1. The molecule has 0 aromatic carbocycles. The van der Waals surface area contributed by atoms with Gasteiger partial charge in [-0.05, 0) is 19.3 Å². The molecule has 1 amide bonds. The Morgan fingerprint density at radius 1 is 1.44 bits per heavy atom. The molecule has 5 nitrogen and oxygen atoms in total. The highest BCUT2D eigenvalue weighted by Crippen LogP contribution is 2.23. The monoisotopic (exact) mass is 248 g/mol. The number of nitrogens with two attached hydrogens (primary N) is 1. The second-order valence-electron chi connectivity index (χ2n) is 5.16. The van der Waals surface area contributed by atoms with Crippen molar-refractivity contribution in [3.63, 3.8) is 0 Å². The molecule has 3 N–H and O–H groups in total. The molecule has 0 aliphatic carbocycles. The molecule has 1 aliphatic rings. The minimum atomic E-state index is -3.00. The average molecular weight is 248 g/mol. The summed E-state index contributed by atoms with van der Waals surface area (Å²) < 4.78 is 22.7. The maximum atomic E-state index is 11.7. The van der Waals surface area contributed by atoms with Gasteiger partial charge < -0.3 is 11.1 Å². The van der Waals surface area contributed by atoms with Crippen LogP contribution in [0.15, 0.2) is 0 Å². The van der Waals surface area contributed by atoms with E-state index >= 15 is 0 Å². The van der Waals surface area contributed by atoms with E-state index in [0.29, 0.717) is 6.42 Å². The predicted molar refractivity (Wildman–Crippen MR) is 62.6 cm³/mol. The Morgan fingerprint density at radius 3 is 2.38 bits per heavy atom. The normalized spacial score (nSPS) is 30.3. The largest absolute Gasteiger partial charge is 0.349 e. The first-order valence-electron chi connectivity index (χ1n) is 5.43. The van der Waals surface area contributed by atoms with Gasteiger partial charge in [0.25, 0.3) is 0 Å². The zero-order valence-electron chi connectivity index (χ0n) is 9.99. The molecule has 0 saturated carbocycles. The zero-order chi connectivity index (χ0) is 12.6. The van der Waals surface area contributed by atoms with E-state index in [1.165, 1.54) is 0 Å². The van der Waals surface area contributed by atoms with Crippen molar-refractivity contribution in [2.45, 2.75) is 38.8 Å². The molecular weight excluding hydrogens is 228 g/mol. The van der Waals surface area contributed by atoms with Gasteiger partial charge in [0.05, 0.1) is 23.1 Å². The summed E-state index contributed by atoms with van der Waals surface area (Å²) in [6, 6.07) is -0.583. The highest BCUT2D eigenvalue weighted by atomic mass is 32.2. The van der Waals surface area contributed by atoms with Crippen LogP contribution in [0.2, 0.25) is 0 Å². The first-order valence-corrected chi connectivity index (χ1v) is 7.25. The van der Waals surface area contributed by atoms with E-state index in [1.807, 2.05) is 13.8 Å². The van der Waals surface area contributed by atoms with E-state index in [-0.39, 0.29) is 23.3 Å². The third-order valence-corrected chi connectivity index (χ3v) is 4.85. The summed E-state index contributed by atoms with van der Waals surface area (Å²) in [6.45, 7) is 5.47. The standard InChI is InChI=1S/C10H20N2O3S/c1-7(2)8(11)9(13)12-10(3)4-5-16(14,15)6-10/h7-8H,4-6,11H2,1-3H3,(H,12,13)/t8-,10?/m1/s1. The highest BCUT2D eigenvalue weighted by molar-refractivity contribution is 7.91. The predicted octanol–water partition coefficient (Wildman–Crippen LogP) is -0.337. The first kappa shape index (κ1) is 13.4. The Bertz CT molecular complexity index is 378. The lowest BCUT2D eigenvalue weighted by Crippen LogP contribution is -2.54. The molecule has 0 radical (unpaired) electrons. The fourth-order valence-electron chi connectivity index (χ4n) is 1.79. The van der Waals surface area contributed by atoms with Gasteiger partial charge in [-0.1, -0.05) is 13.8 Å². The van der Waals surface area contributed by atoms with Crippen LogP contribution in [0, 0.1) is 5.92 Å². The number of sulfone groups is 1. The summed E-state index contributed by atoms with van der Waals surface area (Å²) in [5.41, 5.74) is 5.05. The average Bonchev–Trinajstić information content (AvgIpc) is 2.38. The summed E-state index contributed by atoms with van der Waals surface area (Å²) in [6.07, 6.45) is 0.464. The molecular formula is C10H20N2O3S. The molecule has 0 spiro atoms. The Kier molecular flexibility index (Phi) is 3.64. The quantitative estimate of drug-likeness (QED) is 0.715. The Hall–Kier alpha value is -0.620. The third-order valence-electron chi connectivity index (χ3n) is 2.95. The van der Waals surface area contributed by atoms with Crippen LogP contribution in [0.1, 0.15) is 27.2 Å². The molecule has 6 heteroatoms. The molecule has 1 saturated heterocycles. The lowest BCUT2D eigenvalue weighted by molar-refractivity contribution is -0.124. The highest BCUT2D eigenvalue weighted by Gasteiger charge is 2.40. The molecule has 0 aromatic rings. The Balaban J connectivity index is 2.65. The van der Waals surface area contributed by atoms with Gasteiger partial charge in [-0.2, -0.15) is 0 Å². The summed E-state index contributed by atoms with van der Waals surface area (Å²) in [5.74, 6) is -0.0757. The number of rotatable bonds is 3. The van der Waals surface area contributed by atoms with Crippen molar-refractivity contribution < 1.29 is 13.2 Å². The molecule has 16 heavy (non-hydrogen) atoms. The van der Waals surface area contributed by atoms with Crippen molar-refractivity contribution in [2.75, 3.05) is 11.5 Å². The smallest absolute Gasteiger partial charge is 0.237 e. The van der Waals surface area contributed by atoms with Crippen molar-refractivity contribution in [3.8, 4) is 0 Å². The number of carbonyl (C=O) groups is 1. The van der Waals surface area contributed by atoms with E-state index < -0.39 is 21.4 Å². The minimum absolute atomic E-state index is 0.0105. The summed E-state index contributed by atoms with van der Waals surface area (Å²) in [4.78, 5) is 11.7. The second-order valence-corrected chi connectivity index (χ2v) is 7.35. The van der Waals surface area contributed by atoms with Gasteiger partial charge in [-0.3, -0.25) is 4.79 Å². The maximum absolute atomic E-state index is 11.7. The van der Waals surface area contributed by atoms with Crippen LogP contribution in [0.5, 0.6) is 0 Å². The second kappa shape index (κ2) is 4.33. The lowest BCUT2D eigenvalue weighted by Gasteiger charge is -2.26. The van der Waals surface area contributed by atoms with Gasteiger partial charge >= 0.3 is 0 Å². The van der Waals surface area contributed by atoms with Crippen molar-refractivity contribution in [1.82, 2.24) is 5.32 Å². The number of nitrogens with one attached hydrogen (secondary N) is 1. The molecule has 1 fully saturated rings. The third kappa shape index (κ3) is 3.18. The van der Waals surface area contributed by atoms with E-state index in [0.717, 1.165) is 0 Å². The van der Waals surface area contributed by atoms with Crippen LogP contribution in [0.3, 0.4) is 0 Å². The van der Waals surface area contributed by atoms with Gasteiger partial charge in [0.2, 0.25) is 5.91 Å². The van der Waals surface area contributed by atoms with E-state index in [1.54, 1.807) is 6.92 Å². The fraction of sp³-hybridized carbons (Fsp3) is 0.900. The maximum Gasteiger partial charge on any atom is 0.237 e. The van der Waals surface area contributed by atoms with Crippen LogP contribution < -0.4 is 11.1 Å². The van der Waals surface area contributed by atoms with Crippen molar-refractivity contribution >= 4 is 15.7 Å².